The minimum Gasteiger partial charge on any atom is -0.481 e. The number of nitrogens with zero attached hydrogens (tertiary/aromatic N) is 1. The van der Waals surface area contributed by atoms with Crippen molar-refractivity contribution < 1.29 is 34.2 Å². The molecule has 0 aliphatic carbocycles. The van der Waals surface area contributed by atoms with Crippen molar-refractivity contribution in [2.24, 2.45) is 17.8 Å². The van der Waals surface area contributed by atoms with Gasteiger partial charge in [0.25, 0.3) is 0 Å². The molecule has 0 heterocycles. The molecule has 3 N–H and O–H groups in total. The first kappa shape index (κ1) is 26.1. The van der Waals surface area contributed by atoms with Gasteiger partial charge in [-0.2, -0.15) is 0 Å². The van der Waals surface area contributed by atoms with Crippen molar-refractivity contribution in [3.63, 3.8) is 0 Å². The Kier molecular flexibility index (Phi) is 12.4. The van der Waals surface area contributed by atoms with Gasteiger partial charge in [-0.05, 0) is 39.7 Å². The SMILES string of the molecule is CCCCCC/C=C/C[N+](CC(C)C(=O)O)(CC(C)C(=O)O)CC(C)C(=O)O. The lowest BCUT2D eigenvalue weighted by atomic mass is 10.0. The molecule has 0 saturated heterocycles. The fourth-order valence-corrected chi connectivity index (χ4v) is 3.53. The smallest absolute Gasteiger partial charge is 0.311 e. The molecule has 0 aromatic heterocycles. The number of carboxylic acids is 3. The fraction of sp³-hybridized carbons (Fsp3) is 0.762. The van der Waals surface area contributed by atoms with Crippen LogP contribution in [0.4, 0.5) is 0 Å². The molecule has 162 valence electrons. The van der Waals surface area contributed by atoms with E-state index in [0.29, 0.717) is 6.54 Å². The average molecular weight is 401 g/mol. The van der Waals surface area contributed by atoms with Gasteiger partial charge in [0, 0.05) is 0 Å². The van der Waals surface area contributed by atoms with E-state index < -0.39 is 35.7 Å². The third-order valence-corrected chi connectivity index (χ3v) is 5.13. The minimum atomic E-state index is -0.961. The van der Waals surface area contributed by atoms with E-state index in [2.05, 4.69) is 6.92 Å². The van der Waals surface area contributed by atoms with Crippen molar-refractivity contribution in [3.05, 3.63) is 12.2 Å². The van der Waals surface area contributed by atoms with Crippen LogP contribution < -0.4 is 0 Å². The molecule has 0 amide bonds. The maximum atomic E-state index is 11.4. The van der Waals surface area contributed by atoms with Gasteiger partial charge in [-0.25, -0.2) is 0 Å². The molecule has 3 atom stereocenters. The molecule has 0 bridgehead atoms. The van der Waals surface area contributed by atoms with Crippen LogP contribution in [0.15, 0.2) is 12.2 Å². The van der Waals surface area contributed by atoms with Crippen LogP contribution in [0.1, 0.15) is 59.8 Å². The normalized spacial score (nSPS) is 17.0. The fourth-order valence-electron chi connectivity index (χ4n) is 3.53. The first-order chi connectivity index (χ1) is 13.0. The van der Waals surface area contributed by atoms with Gasteiger partial charge in [-0.1, -0.05) is 32.3 Å². The number of carbonyl (C=O) groups is 3. The summed E-state index contributed by atoms with van der Waals surface area (Å²) in [7, 11) is 0. The maximum Gasteiger partial charge on any atom is 0.311 e. The monoisotopic (exact) mass is 400 g/mol. The van der Waals surface area contributed by atoms with Crippen LogP contribution in [0.2, 0.25) is 0 Å². The Balaban J connectivity index is 5.47. The average Bonchev–Trinajstić information content (AvgIpc) is 2.60. The summed E-state index contributed by atoms with van der Waals surface area (Å²) >= 11 is 0. The summed E-state index contributed by atoms with van der Waals surface area (Å²) < 4.78 is 0.139. The van der Waals surface area contributed by atoms with Crippen molar-refractivity contribution in [1.29, 1.82) is 0 Å². The number of carboxylic acid groups (broad SMARTS) is 3. The number of hydrogen-bond acceptors (Lipinski definition) is 3. The molecular formula is C21H38NO6+. The molecule has 0 aliphatic rings. The highest BCUT2D eigenvalue weighted by atomic mass is 16.4. The molecule has 0 rings (SSSR count). The first-order valence-electron chi connectivity index (χ1n) is 10.2. The predicted octanol–water partition coefficient (Wildman–Crippen LogP) is 3.49. The highest BCUT2D eigenvalue weighted by Gasteiger charge is 2.37. The summed E-state index contributed by atoms with van der Waals surface area (Å²) in [6.45, 7) is 7.93. The standard InChI is InChI=1S/C21H37NO6/c1-5-6-7-8-9-10-11-12-22(13-16(2)19(23)24,14-17(3)20(25)26)15-18(4)21(27)28/h10-11,16-18H,5-9,12-15H2,1-4H3,(H2-,23,24,25,26,27,28)/p+1/b11-10+. The number of unbranched alkanes of at least 4 members (excludes halogenated alkanes) is 4. The van der Waals surface area contributed by atoms with Gasteiger partial charge in [0.05, 0.1) is 26.2 Å². The molecule has 0 aliphatic heterocycles. The number of rotatable bonds is 16. The molecule has 0 spiro atoms. The molecule has 0 radical (unpaired) electrons. The molecule has 7 heteroatoms. The number of quaternary nitrogens is 1. The molecule has 0 fully saturated rings. The van der Waals surface area contributed by atoms with Crippen LogP contribution in [-0.4, -0.2) is 63.9 Å². The second-order valence-corrected chi connectivity index (χ2v) is 8.11. The molecule has 0 saturated carbocycles. The van der Waals surface area contributed by atoms with E-state index in [1.165, 1.54) is 6.42 Å². The Morgan fingerprint density at radius 2 is 1.18 bits per heavy atom. The van der Waals surface area contributed by atoms with Crippen molar-refractivity contribution in [1.82, 2.24) is 0 Å². The van der Waals surface area contributed by atoms with Crippen molar-refractivity contribution in [2.45, 2.75) is 59.8 Å². The molecule has 0 aromatic rings. The summed E-state index contributed by atoms with van der Waals surface area (Å²) in [6, 6.07) is 0. The molecular weight excluding hydrogens is 362 g/mol. The van der Waals surface area contributed by atoms with Gasteiger partial charge in [0.1, 0.15) is 17.8 Å². The second kappa shape index (κ2) is 13.3. The van der Waals surface area contributed by atoms with Crippen LogP contribution in [0, 0.1) is 17.8 Å². The van der Waals surface area contributed by atoms with Crippen molar-refractivity contribution >= 4 is 17.9 Å². The zero-order valence-electron chi connectivity index (χ0n) is 17.8. The van der Waals surface area contributed by atoms with Gasteiger partial charge >= 0.3 is 17.9 Å². The first-order valence-corrected chi connectivity index (χ1v) is 10.2. The van der Waals surface area contributed by atoms with E-state index in [1.807, 2.05) is 12.2 Å². The Morgan fingerprint density at radius 3 is 1.54 bits per heavy atom. The number of aliphatic carboxylic acids is 3. The topological polar surface area (TPSA) is 112 Å². The van der Waals surface area contributed by atoms with Gasteiger partial charge in [0.15, 0.2) is 0 Å². The summed E-state index contributed by atoms with van der Waals surface area (Å²) in [6.07, 6.45) is 9.51. The Hall–Kier alpha value is -1.89. The predicted molar refractivity (Wildman–Crippen MR) is 108 cm³/mol. The number of hydrogen-bond donors (Lipinski definition) is 3. The van der Waals surface area contributed by atoms with E-state index in [4.69, 9.17) is 0 Å². The zero-order valence-corrected chi connectivity index (χ0v) is 17.8. The largest absolute Gasteiger partial charge is 0.481 e. The van der Waals surface area contributed by atoms with E-state index in [0.717, 1.165) is 25.7 Å². The molecule has 7 nitrogen and oxygen atoms in total. The van der Waals surface area contributed by atoms with Crippen LogP contribution in [0.3, 0.4) is 0 Å². The zero-order chi connectivity index (χ0) is 21.7. The Labute approximate surface area is 168 Å². The summed E-state index contributed by atoms with van der Waals surface area (Å²) in [5, 5.41) is 28.1. The van der Waals surface area contributed by atoms with Crippen LogP contribution in [0.5, 0.6) is 0 Å². The lowest BCUT2D eigenvalue weighted by molar-refractivity contribution is -0.928. The minimum absolute atomic E-state index is 0.139. The van der Waals surface area contributed by atoms with E-state index in [1.54, 1.807) is 20.8 Å². The lowest BCUT2D eigenvalue weighted by Crippen LogP contribution is -2.57. The van der Waals surface area contributed by atoms with Gasteiger partial charge in [-0.3, -0.25) is 14.4 Å². The van der Waals surface area contributed by atoms with E-state index in [9.17, 15) is 29.7 Å². The van der Waals surface area contributed by atoms with Crippen LogP contribution in [0.25, 0.3) is 0 Å². The summed E-state index contributed by atoms with van der Waals surface area (Å²) in [5.41, 5.74) is 0. The van der Waals surface area contributed by atoms with Gasteiger partial charge < -0.3 is 19.8 Å². The van der Waals surface area contributed by atoms with Gasteiger partial charge in [0.2, 0.25) is 0 Å². The van der Waals surface area contributed by atoms with Gasteiger partial charge in [-0.15, -0.1) is 0 Å². The quantitative estimate of drug-likeness (QED) is 0.208. The Bertz CT molecular complexity index is 476. The number of allylic oxidation sites excluding steroid dienone is 1. The maximum absolute atomic E-state index is 11.4. The van der Waals surface area contributed by atoms with Crippen LogP contribution >= 0.6 is 0 Å². The second-order valence-electron chi connectivity index (χ2n) is 8.11. The molecule has 0 aromatic carbocycles. The highest BCUT2D eigenvalue weighted by molar-refractivity contribution is 5.70. The lowest BCUT2D eigenvalue weighted by Gasteiger charge is -2.41. The third kappa shape index (κ3) is 10.4. The summed E-state index contributed by atoms with van der Waals surface area (Å²) in [5.74, 6) is -4.97. The Morgan fingerprint density at radius 1 is 0.750 bits per heavy atom. The van der Waals surface area contributed by atoms with E-state index >= 15 is 0 Å². The van der Waals surface area contributed by atoms with Crippen molar-refractivity contribution in [2.75, 3.05) is 26.2 Å². The highest BCUT2D eigenvalue weighted by Crippen LogP contribution is 2.20. The van der Waals surface area contributed by atoms with E-state index in [-0.39, 0.29) is 24.1 Å². The summed E-state index contributed by atoms with van der Waals surface area (Å²) in [4.78, 5) is 34.3. The third-order valence-electron chi connectivity index (χ3n) is 5.13. The van der Waals surface area contributed by atoms with Crippen LogP contribution in [-0.2, 0) is 14.4 Å². The van der Waals surface area contributed by atoms with Crippen molar-refractivity contribution in [3.8, 4) is 0 Å². The molecule has 3 unspecified atom stereocenters. The molecule has 28 heavy (non-hydrogen) atoms.